The average Bonchev–Trinajstić information content (AvgIpc) is 3.50. The van der Waals surface area contributed by atoms with Gasteiger partial charge in [-0.15, -0.1) is 0 Å². The number of anilines is 1. The molecular weight excluding hydrogens is 531 g/mol. The number of hydrogen-bond donors (Lipinski definition) is 2. The van der Waals surface area contributed by atoms with Crippen molar-refractivity contribution in [3.05, 3.63) is 95.6 Å². The highest BCUT2D eigenvalue weighted by molar-refractivity contribution is 5.86. The maximum atomic E-state index is 13.4. The topological polar surface area (TPSA) is 96.8 Å². The molecule has 6 rings (SSSR count). The summed E-state index contributed by atoms with van der Waals surface area (Å²) in [5, 5.41) is 11.6. The van der Waals surface area contributed by atoms with Gasteiger partial charge < -0.3 is 15.7 Å². The Labute approximate surface area is 235 Å². The Morgan fingerprint density at radius 2 is 1.83 bits per heavy atom. The van der Waals surface area contributed by atoms with Crippen molar-refractivity contribution in [2.24, 2.45) is 0 Å². The number of fused-ring (bicyclic) bond motifs is 2. The summed E-state index contributed by atoms with van der Waals surface area (Å²) < 4.78 is 42.0. The van der Waals surface area contributed by atoms with Crippen LogP contribution in [0.4, 0.5) is 19.0 Å². The Morgan fingerprint density at radius 1 is 1.10 bits per heavy atom. The molecule has 0 aliphatic carbocycles. The molecule has 1 unspecified atom stereocenters. The van der Waals surface area contributed by atoms with Crippen LogP contribution in [0.3, 0.4) is 0 Å². The standard InChI is InChI=1S/C31H30F3N5O2/c1-3-30(41,22-5-4-6-23(16-22)31(32,33)34)21-10-7-19(8-11-21)26-27-28(35)36-13-14-38(27)29(37-26)20-9-12-24-18(2)15-25(40)39(24)17-20/h4-8,10-11,13-14,16,20,24,41H,2-3,9,12,15,17H2,1H3,(H2,35,36)/t20-,24+,30?/m1/s1. The van der Waals surface area contributed by atoms with Gasteiger partial charge >= 0.3 is 6.18 Å². The number of nitrogens with two attached hydrogens (primary N) is 1. The number of aliphatic hydroxyl groups is 1. The molecular formula is C31H30F3N5O2. The lowest BCUT2D eigenvalue weighted by Gasteiger charge is -2.34. The van der Waals surface area contributed by atoms with Crippen LogP contribution in [0.1, 0.15) is 61.0 Å². The minimum Gasteiger partial charge on any atom is -0.382 e. The number of amides is 1. The number of rotatable bonds is 5. The van der Waals surface area contributed by atoms with Crippen molar-refractivity contribution >= 4 is 17.2 Å². The lowest BCUT2D eigenvalue weighted by atomic mass is 9.83. The van der Waals surface area contributed by atoms with Gasteiger partial charge in [-0.3, -0.25) is 9.20 Å². The van der Waals surface area contributed by atoms with Crippen molar-refractivity contribution in [1.82, 2.24) is 19.3 Å². The first kappa shape index (κ1) is 27.0. The van der Waals surface area contributed by atoms with Crippen LogP contribution >= 0.6 is 0 Å². The molecule has 2 aromatic heterocycles. The van der Waals surface area contributed by atoms with Crippen molar-refractivity contribution in [1.29, 1.82) is 0 Å². The van der Waals surface area contributed by atoms with Gasteiger partial charge in [0, 0.05) is 36.8 Å². The van der Waals surface area contributed by atoms with Crippen LogP contribution in [-0.4, -0.2) is 42.9 Å². The van der Waals surface area contributed by atoms with Crippen LogP contribution in [0.2, 0.25) is 0 Å². The van der Waals surface area contributed by atoms with E-state index < -0.39 is 17.3 Å². The third-order valence-electron chi connectivity index (χ3n) is 8.54. The number of carbonyl (C=O) groups excluding carboxylic acids is 1. The lowest BCUT2D eigenvalue weighted by Crippen LogP contribution is -2.41. The fraction of sp³-hybridized carbons (Fsp3) is 0.323. The average molecular weight is 562 g/mol. The van der Waals surface area contributed by atoms with Gasteiger partial charge in [-0.05, 0) is 48.1 Å². The molecule has 7 nitrogen and oxygen atoms in total. The van der Waals surface area contributed by atoms with E-state index in [1.165, 1.54) is 12.1 Å². The number of hydrogen-bond acceptors (Lipinski definition) is 5. The number of imidazole rings is 1. The van der Waals surface area contributed by atoms with Gasteiger partial charge in [0.1, 0.15) is 28.5 Å². The quantitative estimate of drug-likeness (QED) is 0.306. The van der Waals surface area contributed by atoms with Crippen LogP contribution in [0.25, 0.3) is 16.8 Å². The molecule has 3 N–H and O–H groups in total. The minimum atomic E-state index is -4.52. The third-order valence-corrected chi connectivity index (χ3v) is 8.54. The van der Waals surface area contributed by atoms with Crippen LogP contribution in [0.15, 0.2) is 73.1 Å². The first-order valence-corrected chi connectivity index (χ1v) is 13.6. The molecule has 10 heteroatoms. The highest BCUT2D eigenvalue weighted by Gasteiger charge is 2.40. The first-order valence-electron chi connectivity index (χ1n) is 13.6. The first-order chi connectivity index (χ1) is 19.5. The van der Waals surface area contributed by atoms with Gasteiger partial charge in [-0.25, -0.2) is 9.97 Å². The number of piperidine rings is 1. The SMILES string of the molecule is C=C1CC(=O)N2C[C@H](c3nc(-c4ccc(C(O)(CC)c5cccc(C(F)(F)F)c5)cc4)c4c(N)nccn34)CC[C@@H]12. The predicted octanol–water partition coefficient (Wildman–Crippen LogP) is 5.68. The molecule has 2 fully saturated rings. The molecule has 2 saturated heterocycles. The summed E-state index contributed by atoms with van der Waals surface area (Å²) in [7, 11) is 0. The zero-order chi connectivity index (χ0) is 29.1. The van der Waals surface area contributed by atoms with Crippen molar-refractivity contribution in [2.75, 3.05) is 12.3 Å². The second kappa shape index (κ2) is 9.73. The maximum absolute atomic E-state index is 13.4. The molecule has 1 amide bonds. The van der Waals surface area contributed by atoms with E-state index in [9.17, 15) is 23.1 Å². The van der Waals surface area contributed by atoms with E-state index in [1.807, 2.05) is 15.5 Å². The normalized spacial score (nSPS) is 20.9. The molecule has 2 aliphatic rings. The van der Waals surface area contributed by atoms with Gasteiger partial charge in [0.15, 0.2) is 0 Å². The number of nitrogen functional groups attached to an aromatic ring is 1. The number of aromatic nitrogens is 3. The van der Waals surface area contributed by atoms with Crippen LogP contribution in [0, 0.1) is 0 Å². The van der Waals surface area contributed by atoms with E-state index >= 15 is 0 Å². The fourth-order valence-corrected chi connectivity index (χ4v) is 6.30. The summed E-state index contributed by atoms with van der Waals surface area (Å²) in [6, 6.07) is 11.9. The monoisotopic (exact) mass is 561 g/mol. The number of benzene rings is 2. The van der Waals surface area contributed by atoms with Crippen molar-refractivity contribution in [3.63, 3.8) is 0 Å². The number of halogens is 3. The van der Waals surface area contributed by atoms with Crippen molar-refractivity contribution < 1.29 is 23.1 Å². The molecule has 0 bridgehead atoms. The molecule has 2 aliphatic heterocycles. The molecule has 212 valence electrons. The number of nitrogens with zero attached hydrogens (tertiary/aromatic N) is 4. The van der Waals surface area contributed by atoms with Gasteiger partial charge in [0.25, 0.3) is 0 Å². The van der Waals surface area contributed by atoms with E-state index in [1.54, 1.807) is 37.4 Å². The highest BCUT2D eigenvalue weighted by atomic mass is 19.4. The second-order valence-corrected chi connectivity index (χ2v) is 10.9. The summed E-state index contributed by atoms with van der Waals surface area (Å²) in [5.74, 6) is 1.17. The summed E-state index contributed by atoms with van der Waals surface area (Å²) in [6.07, 6.45) is 1.13. The van der Waals surface area contributed by atoms with E-state index in [0.717, 1.165) is 41.9 Å². The fourth-order valence-electron chi connectivity index (χ4n) is 6.30. The Morgan fingerprint density at radius 3 is 2.54 bits per heavy atom. The summed E-state index contributed by atoms with van der Waals surface area (Å²) in [4.78, 5) is 23.8. The summed E-state index contributed by atoms with van der Waals surface area (Å²) in [6.45, 7) is 6.35. The van der Waals surface area contributed by atoms with E-state index in [0.29, 0.717) is 35.6 Å². The maximum Gasteiger partial charge on any atom is 0.416 e. The molecule has 0 spiro atoms. The number of carbonyl (C=O) groups is 1. The van der Waals surface area contributed by atoms with Crippen LogP contribution < -0.4 is 5.73 Å². The molecule has 3 atom stereocenters. The van der Waals surface area contributed by atoms with Crippen molar-refractivity contribution in [2.45, 2.75) is 56.3 Å². The Hall–Kier alpha value is -4.18. The van der Waals surface area contributed by atoms with Gasteiger partial charge in [-0.2, -0.15) is 13.2 Å². The zero-order valence-electron chi connectivity index (χ0n) is 22.5. The Balaban J connectivity index is 1.37. The second-order valence-electron chi connectivity index (χ2n) is 10.9. The number of alkyl halides is 3. The molecule has 0 radical (unpaired) electrons. The van der Waals surface area contributed by atoms with Gasteiger partial charge in [0.2, 0.25) is 5.91 Å². The molecule has 2 aromatic carbocycles. The predicted molar refractivity (Wildman–Crippen MR) is 149 cm³/mol. The van der Waals surface area contributed by atoms with Gasteiger partial charge in [0.05, 0.1) is 11.6 Å². The third kappa shape index (κ3) is 4.46. The highest BCUT2D eigenvalue weighted by Crippen LogP contribution is 2.41. The Kier molecular flexibility index (Phi) is 6.41. The van der Waals surface area contributed by atoms with E-state index in [2.05, 4.69) is 11.6 Å². The zero-order valence-corrected chi connectivity index (χ0v) is 22.5. The summed E-state index contributed by atoms with van der Waals surface area (Å²) in [5.41, 5.74) is 7.46. The largest absolute Gasteiger partial charge is 0.416 e. The van der Waals surface area contributed by atoms with Crippen LogP contribution in [-0.2, 0) is 16.6 Å². The summed E-state index contributed by atoms with van der Waals surface area (Å²) >= 11 is 0. The minimum absolute atomic E-state index is 0.00508. The molecule has 4 aromatic rings. The van der Waals surface area contributed by atoms with E-state index in [4.69, 9.17) is 10.7 Å². The molecule has 41 heavy (non-hydrogen) atoms. The van der Waals surface area contributed by atoms with E-state index in [-0.39, 0.29) is 29.9 Å². The smallest absolute Gasteiger partial charge is 0.382 e. The Bertz CT molecular complexity index is 1660. The molecule has 0 saturated carbocycles. The van der Waals surface area contributed by atoms with Crippen molar-refractivity contribution in [3.8, 4) is 11.3 Å². The molecule has 4 heterocycles. The van der Waals surface area contributed by atoms with Crippen LogP contribution in [0.5, 0.6) is 0 Å². The lowest BCUT2D eigenvalue weighted by molar-refractivity contribution is -0.137. The van der Waals surface area contributed by atoms with Gasteiger partial charge in [-0.1, -0.05) is 49.9 Å².